The van der Waals surface area contributed by atoms with E-state index < -0.39 is 31.8 Å². The molecule has 270 valence electrons. The average molecular weight is 710 g/mol. The van der Waals surface area contributed by atoms with Crippen LogP contribution in [0.3, 0.4) is 0 Å². The number of rotatable bonds is 9. The van der Waals surface area contributed by atoms with Crippen molar-refractivity contribution < 1.29 is 32.6 Å². The van der Waals surface area contributed by atoms with E-state index >= 15 is 0 Å². The summed E-state index contributed by atoms with van der Waals surface area (Å²) in [7, 11) is -0.929. The second-order valence-electron chi connectivity index (χ2n) is 15.2. The van der Waals surface area contributed by atoms with Crippen LogP contribution in [0.5, 0.6) is 5.75 Å². The monoisotopic (exact) mass is 709 g/mol. The van der Waals surface area contributed by atoms with Gasteiger partial charge in [0.2, 0.25) is 0 Å². The fraction of sp³-hybridized carbons (Fsp3) is 0.543. The molecular weight excluding hydrogens is 662 g/mol. The highest BCUT2D eigenvalue weighted by Gasteiger charge is 2.38. The van der Waals surface area contributed by atoms with Crippen molar-refractivity contribution in [3.8, 4) is 17.0 Å². The molecule has 5 heterocycles. The van der Waals surface area contributed by atoms with Crippen LogP contribution in [0.15, 0.2) is 36.8 Å². The number of piperidine rings is 1. The Morgan fingerprint density at radius 2 is 1.78 bits per heavy atom. The largest absolute Gasteiger partial charge is 0.479 e. The van der Waals surface area contributed by atoms with Gasteiger partial charge in [-0.15, -0.1) is 5.10 Å². The maximum Gasteiger partial charge on any atom is 0.410 e. The summed E-state index contributed by atoms with van der Waals surface area (Å²) in [6.07, 6.45) is 4.65. The van der Waals surface area contributed by atoms with E-state index in [1.165, 1.54) is 19.4 Å². The summed E-state index contributed by atoms with van der Waals surface area (Å²) >= 11 is 0. The van der Waals surface area contributed by atoms with E-state index in [4.69, 9.17) is 18.6 Å². The molecule has 0 saturated carbocycles. The Morgan fingerprint density at radius 3 is 2.38 bits per heavy atom. The summed E-state index contributed by atoms with van der Waals surface area (Å²) in [6.45, 7) is 19.5. The van der Waals surface area contributed by atoms with Crippen molar-refractivity contribution >= 4 is 25.9 Å². The quantitative estimate of drug-likeness (QED) is 0.133. The number of carbonyl (C=O) groups is 2. The Labute approximate surface area is 293 Å². The number of hydrogen-bond donors (Lipinski definition) is 0. The fourth-order valence-electron chi connectivity index (χ4n) is 5.55. The minimum atomic E-state index is -2.23. The zero-order chi connectivity index (χ0) is 36.6. The maximum absolute atomic E-state index is 14.0. The van der Waals surface area contributed by atoms with E-state index in [2.05, 4.69) is 54.3 Å². The van der Waals surface area contributed by atoms with Gasteiger partial charge in [-0.25, -0.2) is 23.2 Å². The summed E-state index contributed by atoms with van der Waals surface area (Å²) in [6, 6.07) is 4.72. The molecule has 4 aromatic heterocycles. The normalized spacial score (nSPS) is 15.3. The Balaban J connectivity index is 1.50. The highest BCUT2D eigenvalue weighted by molar-refractivity contribution is 6.74. The predicted molar refractivity (Wildman–Crippen MR) is 187 cm³/mol. The van der Waals surface area contributed by atoms with Gasteiger partial charge in [0.05, 0.1) is 43.5 Å². The molecule has 0 radical (unpaired) electrons. The molecule has 0 aromatic carbocycles. The second-order valence-corrected chi connectivity index (χ2v) is 20.0. The van der Waals surface area contributed by atoms with Crippen molar-refractivity contribution in [2.75, 3.05) is 26.8 Å². The van der Waals surface area contributed by atoms with Gasteiger partial charge in [0, 0.05) is 24.8 Å². The third-order valence-electron chi connectivity index (χ3n) is 9.40. The molecule has 1 atom stereocenters. The van der Waals surface area contributed by atoms with E-state index in [1.54, 1.807) is 27.7 Å². The first-order valence-electron chi connectivity index (χ1n) is 16.8. The van der Waals surface area contributed by atoms with Gasteiger partial charge >= 0.3 is 12.1 Å². The third-order valence-corrected chi connectivity index (χ3v) is 13.9. The van der Waals surface area contributed by atoms with Gasteiger partial charge < -0.3 is 23.5 Å². The van der Waals surface area contributed by atoms with Crippen LogP contribution in [-0.4, -0.2) is 87.3 Å². The number of methoxy groups -OCH3 is 1. The Morgan fingerprint density at radius 1 is 1.08 bits per heavy atom. The molecule has 5 rings (SSSR count). The van der Waals surface area contributed by atoms with E-state index in [0.29, 0.717) is 54.1 Å². The zero-order valence-corrected chi connectivity index (χ0v) is 31.6. The van der Waals surface area contributed by atoms with Gasteiger partial charge in [0.1, 0.15) is 33.9 Å². The van der Waals surface area contributed by atoms with Crippen molar-refractivity contribution in [2.45, 2.75) is 97.2 Å². The minimum Gasteiger partial charge on any atom is -0.479 e. The predicted octanol–water partition coefficient (Wildman–Crippen LogP) is 6.94. The number of halogens is 1. The summed E-state index contributed by atoms with van der Waals surface area (Å²) in [4.78, 5) is 31.5. The minimum absolute atomic E-state index is 0.0337. The fourth-order valence-corrected chi connectivity index (χ4v) is 6.55. The van der Waals surface area contributed by atoms with Crippen LogP contribution in [0.25, 0.3) is 16.8 Å². The van der Waals surface area contributed by atoms with Crippen molar-refractivity contribution in [2.24, 2.45) is 0 Å². The lowest BCUT2D eigenvalue weighted by atomic mass is 10.0. The van der Waals surface area contributed by atoms with Crippen LogP contribution in [-0.2, 0) is 13.9 Å². The standard InChI is InChI=1S/C35H48FN7O6Si/c1-22-30(39-40-43(22)25-13-15-41(16-14-25)33(45)49-34(2,3)4)23-17-28(31-26(32(44)46-8)19-38-42(31)20-23)48-29(27-12-11-24(36)18-37-27)21-47-50(9,10)35(5,6)7/h11-12,17-20,25,29H,13-16,21H2,1-10H3/t29-/m1/s1. The van der Waals surface area contributed by atoms with Gasteiger partial charge in [-0.1, -0.05) is 26.0 Å². The average Bonchev–Trinajstić information content (AvgIpc) is 3.65. The van der Waals surface area contributed by atoms with Crippen molar-refractivity contribution in [3.63, 3.8) is 0 Å². The molecule has 0 N–H and O–H groups in total. The first-order chi connectivity index (χ1) is 23.4. The molecule has 0 aliphatic carbocycles. The first kappa shape index (κ1) is 36.9. The van der Waals surface area contributed by atoms with Gasteiger partial charge in [-0.2, -0.15) is 5.10 Å². The molecule has 1 fully saturated rings. The molecule has 1 aliphatic rings. The number of ether oxygens (including phenoxy) is 3. The first-order valence-corrected chi connectivity index (χ1v) is 19.7. The van der Waals surface area contributed by atoms with E-state index in [-0.39, 0.29) is 29.3 Å². The number of hydrogen-bond acceptors (Lipinski definition) is 10. The lowest BCUT2D eigenvalue weighted by molar-refractivity contribution is 0.0183. The van der Waals surface area contributed by atoms with Crippen LogP contribution in [0.2, 0.25) is 18.1 Å². The molecule has 50 heavy (non-hydrogen) atoms. The number of fused-ring (bicyclic) bond motifs is 1. The molecular formula is C35H48FN7O6Si. The van der Waals surface area contributed by atoms with E-state index in [1.807, 2.05) is 32.4 Å². The molecule has 13 nitrogen and oxygen atoms in total. The number of aromatic nitrogens is 6. The number of carbonyl (C=O) groups excluding carboxylic acids is 2. The molecule has 1 aliphatic heterocycles. The molecule has 1 amide bonds. The number of amides is 1. The molecule has 0 unspecified atom stereocenters. The van der Waals surface area contributed by atoms with Crippen LogP contribution in [0.4, 0.5) is 9.18 Å². The summed E-state index contributed by atoms with van der Waals surface area (Å²) in [5, 5.41) is 13.5. The van der Waals surface area contributed by atoms with Crippen LogP contribution in [0, 0.1) is 12.7 Å². The Hall–Kier alpha value is -4.37. The number of pyridine rings is 2. The lowest BCUT2D eigenvalue weighted by Crippen LogP contribution is -2.42. The second kappa shape index (κ2) is 14.1. The SMILES string of the molecule is COC(=O)c1cnn2cc(-c3nnn(C4CCN(C(=O)OC(C)(C)C)CC4)c3C)cc(O[C@H](CO[Si](C)(C)C(C)(C)C)c3ccc(F)cn3)c12. The summed E-state index contributed by atoms with van der Waals surface area (Å²) in [5.74, 6) is -0.735. The topological polar surface area (TPSA) is 135 Å². The Kier molecular flexibility index (Phi) is 10.4. The molecule has 1 saturated heterocycles. The van der Waals surface area contributed by atoms with Gasteiger partial charge in [-0.05, 0) is 76.9 Å². The van der Waals surface area contributed by atoms with Crippen LogP contribution < -0.4 is 4.74 Å². The van der Waals surface area contributed by atoms with Crippen molar-refractivity contribution in [1.82, 2.24) is 34.5 Å². The van der Waals surface area contributed by atoms with Crippen molar-refractivity contribution in [3.05, 3.63) is 59.6 Å². The third kappa shape index (κ3) is 7.99. The van der Waals surface area contributed by atoms with Crippen LogP contribution >= 0.6 is 0 Å². The summed E-state index contributed by atoms with van der Waals surface area (Å²) < 4.78 is 41.3. The van der Waals surface area contributed by atoms with E-state index in [9.17, 15) is 14.0 Å². The number of likely N-dealkylation sites (tertiary alicyclic amines) is 1. The zero-order valence-electron chi connectivity index (χ0n) is 30.6. The van der Waals surface area contributed by atoms with Crippen LogP contribution in [0.1, 0.15) is 88.3 Å². The highest BCUT2D eigenvalue weighted by Crippen LogP contribution is 2.39. The highest BCUT2D eigenvalue weighted by atomic mass is 28.4. The van der Waals surface area contributed by atoms with Gasteiger partial charge in [0.25, 0.3) is 0 Å². The van der Waals surface area contributed by atoms with Gasteiger partial charge in [0.15, 0.2) is 14.4 Å². The van der Waals surface area contributed by atoms with Crippen molar-refractivity contribution in [1.29, 1.82) is 0 Å². The maximum atomic E-state index is 14.0. The Bertz CT molecular complexity index is 1840. The molecule has 0 bridgehead atoms. The number of esters is 1. The van der Waals surface area contributed by atoms with E-state index in [0.717, 1.165) is 11.9 Å². The molecule has 4 aromatic rings. The summed E-state index contributed by atoms with van der Waals surface area (Å²) in [5.41, 5.74) is 2.58. The molecule has 15 heteroatoms. The smallest absolute Gasteiger partial charge is 0.410 e. The lowest BCUT2D eigenvalue weighted by Gasteiger charge is -2.37. The molecule has 0 spiro atoms. The van der Waals surface area contributed by atoms with Gasteiger partial charge in [-0.3, -0.25) is 4.98 Å². The number of nitrogens with zero attached hydrogens (tertiary/aromatic N) is 7.